The largest absolute Gasteiger partial charge is 0.478 e. The first-order chi connectivity index (χ1) is 16.8. The van der Waals surface area contributed by atoms with E-state index in [0.717, 1.165) is 0 Å². The van der Waals surface area contributed by atoms with Gasteiger partial charge in [0.2, 0.25) is 5.95 Å². The van der Waals surface area contributed by atoms with Gasteiger partial charge >= 0.3 is 5.97 Å². The van der Waals surface area contributed by atoms with Crippen molar-refractivity contribution in [1.29, 1.82) is 0 Å². The van der Waals surface area contributed by atoms with Crippen molar-refractivity contribution in [3.05, 3.63) is 105 Å². The number of carbonyl (C=O) groups is 1. The smallest absolute Gasteiger partial charge is 0.337 e. The van der Waals surface area contributed by atoms with E-state index in [1.165, 1.54) is 30.3 Å². The van der Waals surface area contributed by atoms with Crippen LogP contribution in [0, 0.1) is 11.6 Å². The first-order valence-electron chi connectivity index (χ1n) is 10.3. The molecule has 1 aliphatic rings. The highest BCUT2D eigenvalue weighted by atomic mass is 35.5. The van der Waals surface area contributed by atoms with Crippen molar-refractivity contribution >= 4 is 46.5 Å². The standard InChI is InChI=1S/C25H14Cl2F2N4O2/c26-13-4-6-15-17(8-13)23(21-19(28)2-1-3-20(21)29)30-10-12-11-31-25(33-22(12)15)32-14-5-7-16(24(34)35)18(27)9-14/h1-9,11H,10H2,(H,34,35)(H,31,32,33). The number of aliphatic imine (C=N–C) groups is 1. The van der Waals surface area contributed by atoms with Crippen LogP contribution in [-0.4, -0.2) is 26.8 Å². The van der Waals surface area contributed by atoms with Crippen molar-refractivity contribution in [3.63, 3.8) is 0 Å². The van der Waals surface area contributed by atoms with Gasteiger partial charge in [-0.3, -0.25) is 4.99 Å². The number of nitrogens with one attached hydrogen (secondary N) is 1. The van der Waals surface area contributed by atoms with Crippen molar-refractivity contribution in [2.45, 2.75) is 6.54 Å². The number of carboxylic acids is 1. The second kappa shape index (κ2) is 9.05. The van der Waals surface area contributed by atoms with E-state index < -0.39 is 17.6 Å². The quantitative estimate of drug-likeness (QED) is 0.326. The summed E-state index contributed by atoms with van der Waals surface area (Å²) in [6.07, 6.45) is 1.57. The number of benzene rings is 3. The van der Waals surface area contributed by atoms with Crippen LogP contribution < -0.4 is 5.32 Å². The van der Waals surface area contributed by atoms with Gasteiger partial charge in [0.05, 0.1) is 34.1 Å². The minimum Gasteiger partial charge on any atom is -0.478 e. The van der Waals surface area contributed by atoms with E-state index >= 15 is 0 Å². The molecule has 0 fully saturated rings. The van der Waals surface area contributed by atoms with Gasteiger partial charge in [-0.05, 0) is 42.5 Å². The average molecular weight is 511 g/mol. The number of halogens is 4. The van der Waals surface area contributed by atoms with Gasteiger partial charge in [-0.1, -0.05) is 35.3 Å². The lowest BCUT2D eigenvalue weighted by atomic mass is 9.95. The molecule has 1 aromatic heterocycles. The zero-order valence-corrected chi connectivity index (χ0v) is 19.2. The molecule has 0 atom stereocenters. The van der Waals surface area contributed by atoms with Crippen LogP contribution in [0.2, 0.25) is 10.0 Å². The summed E-state index contributed by atoms with van der Waals surface area (Å²) in [5.74, 6) is -2.41. The predicted octanol–water partition coefficient (Wildman–Crippen LogP) is 6.52. The summed E-state index contributed by atoms with van der Waals surface area (Å²) >= 11 is 12.3. The van der Waals surface area contributed by atoms with Gasteiger partial charge in [0.1, 0.15) is 11.6 Å². The molecule has 0 spiro atoms. The van der Waals surface area contributed by atoms with E-state index in [4.69, 9.17) is 28.3 Å². The molecule has 174 valence electrons. The van der Waals surface area contributed by atoms with Gasteiger partial charge in [-0.15, -0.1) is 0 Å². The van der Waals surface area contributed by atoms with Crippen LogP contribution in [0.4, 0.5) is 20.4 Å². The minimum atomic E-state index is -1.14. The number of aromatic nitrogens is 2. The third kappa shape index (κ3) is 4.34. The predicted molar refractivity (Wildman–Crippen MR) is 130 cm³/mol. The Labute approximate surface area is 207 Å². The van der Waals surface area contributed by atoms with Crippen LogP contribution in [0.25, 0.3) is 11.3 Å². The van der Waals surface area contributed by atoms with E-state index in [1.54, 1.807) is 30.5 Å². The minimum absolute atomic E-state index is 0.0316. The molecule has 2 heterocycles. The maximum Gasteiger partial charge on any atom is 0.337 e. The summed E-state index contributed by atoms with van der Waals surface area (Å²) in [6.45, 7) is 0.0875. The van der Waals surface area contributed by atoms with Crippen molar-refractivity contribution in [3.8, 4) is 11.3 Å². The molecular weight excluding hydrogens is 497 g/mol. The highest BCUT2D eigenvalue weighted by molar-refractivity contribution is 6.33. The molecule has 0 saturated heterocycles. The molecule has 1 aliphatic heterocycles. The second-order valence-electron chi connectivity index (χ2n) is 7.64. The average Bonchev–Trinajstić information content (AvgIpc) is 2.96. The number of aromatic carboxylic acids is 1. The summed E-state index contributed by atoms with van der Waals surface area (Å²) < 4.78 is 29.3. The van der Waals surface area contributed by atoms with Crippen molar-refractivity contribution in [1.82, 2.24) is 9.97 Å². The van der Waals surface area contributed by atoms with Crippen molar-refractivity contribution in [2.24, 2.45) is 4.99 Å². The molecule has 3 aromatic carbocycles. The Morgan fingerprint density at radius 3 is 2.49 bits per heavy atom. The molecule has 0 unspecified atom stereocenters. The normalized spacial score (nSPS) is 12.3. The lowest BCUT2D eigenvalue weighted by molar-refractivity contribution is 0.0697. The lowest BCUT2D eigenvalue weighted by Gasteiger charge is -2.13. The highest BCUT2D eigenvalue weighted by Crippen LogP contribution is 2.35. The van der Waals surface area contributed by atoms with E-state index in [1.807, 2.05) is 0 Å². The monoisotopic (exact) mass is 510 g/mol. The van der Waals surface area contributed by atoms with E-state index in [2.05, 4.69) is 20.3 Å². The molecular formula is C25H14Cl2F2N4O2. The van der Waals surface area contributed by atoms with Gasteiger partial charge < -0.3 is 10.4 Å². The highest BCUT2D eigenvalue weighted by Gasteiger charge is 2.25. The van der Waals surface area contributed by atoms with Crippen LogP contribution in [0.1, 0.15) is 27.0 Å². The fourth-order valence-corrected chi connectivity index (χ4v) is 4.25. The molecule has 0 saturated carbocycles. The summed E-state index contributed by atoms with van der Waals surface area (Å²) in [5, 5.41) is 12.6. The van der Waals surface area contributed by atoms with Crippen LogP contribution in [0.5, 0.6) is 0 Å². The Bertz CT molecular complexity index is 1520. The number of fused-ring (bicyclic) bond motifs is 3. The molecule has 35 heavy (non-hydrogen) atoms. The Hall–Kier alpha value is -3.88. The van der Waals surface area contributed by atoms with Crippen LogP contribution in [-0.2, 0) is 6.54 Å². The fraction of sp³-hybridized carbons (Fsp3) is 0.0400. The molecule has 0 amide bonds. The third-order valence-corrected chi connectivity index (χ3v) is 5.97. The number of hydrogen-bond acceptors (Lipinski definition) is 5. The Morgan fingerprint density at radius 2 is 1.77 bits per heavy atom. The SMILES string of the molecule is O=C(O)c1ccc(Nc2ncc3c(n2)-c2ccc(Cl)cc2C(c2c(F)cccc2F)=NC3)cc1Cl. The van der Waals surface area contributed by atoms with Gasteiger partial charge in [0.25, 0.3) is 0 Å². The van der Waals surface area contributed by atoms with Crippen LogP contribution in [0.3, 0.4) is 0 Å². The van der Waals surface area contributed by atoms with Gasteiger partial charge in [-0.2, -0.15) is 0 Å². The maximum atomic E-state index is 14.7. The number of anilines is 2. The van der Waals surface area contributed by atoms with Gasteiger partial charge in [0, 0.05) is 33.6 Å². The zero-order chi connectivity index (χ0) is 24.7. The lowest BCUT2D eigenvalue weighted by Crippen LogP contribution is -2.10. The summed E-state index contributed by atoms with van der Waals surface area (Å²) in [5.41, 5.74) is 2.49. The number of hydrogen-bond donors (Lipinski definition) is 2. The Morgan fingerprint density at radius 1 is 1.00 bits per heavy atom. The maximum absolute atomic E-state index is 14.7. The molecule has 2 N–H and O–H groups in total. The van der Waals surface area contributed by atoms with E-state index in [9.17, 15) is 13.6 Å². The number of nitrogens with zero attached hydrogens (tertiary/aromatic N) is 3. The second-order valence-corrected chi connectivity index (χ2v) is 8.49. The van der Waals surface area contributed by atoms with Gasteiger partial charge in [-0.25, -0.2) is 23.5 Å². The zero-order valence-electron chi connectivity index (χ0n) is 17.7. The van der Waals surface area contributed by atoms with Gasteiger partial charge in [0.15, 0.2) is 0 Å². The first-order valence-corrected chi connectivity index (χ1v) is 11.0. The van der Waals surface area contributed by atoms with E-state index in [0.29, 0.717) is 33.1 Å². The molecule has 4 aromatic rings. The molecule has 0 bridgehead atoms. The Balaban J connectivity index is 1.60. The number of rotatable bonds is 4. The van der Waals surface area contributed by atoms with Crippen LogP contribution in [0.15, 0.2) is 65.8 Å². The molecule has 10 heteroatoms. The van der Waals surface area contributed by atoms with Crippen LogP contribution >= 0.6 is 23.2 Å². The third-order valence-electron chi connectivity index (χ3n) is 5.42. The topological polar surface area (TPSA) is 87.5 Å². The first kappa shape index (κ1) is 22.9. The Kier molecular flexibility index (Phi) is 5.92. The van der Waals surface area contributed by atoms with E-state index in [-0.39, 0.29) is 34.4 Å². The summed E-state index contributed by atoms with van der Waals surface area (Å²) in [7, 11) is 0. The molecule has 5 rings (SSSR count). The molecule has 6 nitrogen and oxygen atoms in total. The van der Waals surface area contributed by atoms with Crippen molar-refractivity contribution in [2.75, 3.05) is 5.32 Å². The summed E-state index contributed by atoms with van der Waals surface area (Å²) in [4.78, 5) is 24.6. The number of carboxylic acid groups (broad SMARTS) is 1. The fourth-order valence-electron chi connectivity index (χ4n) is 3.82. The summed E-state index contributed by atoms with van der Waals surface area (Å²) in [6, 6.07) is 13.0. The molecule has 0 radical (unpaired) electrons. The molecule has 0 aliphatic carbocycles. The van der Waals surface area contributed by atoms with Crippen molar-refractivity contribution < 1.29 is 18.7 Å².